The molecule has 0 aliphatic rings. The fourth-order valence-corrected chi connectivity index (χ4v) is 1.36. The second-order valence-corrected chi connectivity index (χ2v) is 3.70. The van der Waals surface area contributed by atoms with Crippen molar-refractivity contribution < 1.29 is 19.4 Å². The zero-order valence-corrected chi connectivity index (χ0v) is 10.5. The molecule has 0 radical (unpaired) electrons. The van der Waals surface area contributed by atoms with Gasteiger partial charge in [0.15, 0.2) is 0 Å². The lowest BCUT2D eigenvalue weighted by molar-refractivity contribution is -0.121. The van der Waals surface area contributed by atoms with Crippen molar-refractivity contribution in [2.24, 2.45) is 0 Å². The molecule has 1 rings (SSSR count). The molecule has 100 valence electrons. The van der Waals surface area contributed by atoms with Gasteiger partial charge in [0.05, 0.1) is 13.7 Å². The summed E-state index contributed by atoms with van der Waals surface area (Å²) in [4.78, 5) is 11.2. The number of aliphatic hydroxyl groups excluding tert-OH is 1. The summed E-state index contributed by atoms with van der Waals surface area (Å²) in [6.07, 6.45) is 0.838. The van der Waals surface area contributed by atoms with Gasteiger partial charge in [0.1, 0.15) is 18.1 Å². The minimum Gasteiger partial charge on any atom is -0.497 e. The number of carbonyl (C=O) groups excluding carboxylic acids is 1. The van der Waals surface area contributed by atoms with Gasteiger partial charge in [-0.05, 0) is 30.7 Å². The molecule has 0 fully saturated rings. The lowest BCUT2D eigenvalue weighted by atomic mass is 10.3. The number of amides is 1. The lowest BCUT2D eigenvalue weighted by Crippen LogP contribution is -2.27. The Bertz CT molecular complexity index is 351. The van der Waals surface area contributed by atoms with E-state index in [-0.39, 0.29) is 12.5 Å². The molecule has 0 unspecified atom stereocenters. The summed E-state index contributed by atoms with van der Waals surface area (Å²) < 4.78 is 10.5. The second-order valence-electron chi connectivity index (χ2n) is 3.70. The van der Waals surface area contributed by atoms with Gasteiger partial charge in [-0.15, -0.1) is 0 Å². The highest BCUT2D eigenvalue weighted by Crippen LogP contribution is 2.16. The maximum absolute atomic E-state index is 11.2. The summed E-state index contributed by atoms with van der Waals surface area (Å²) in [7, 11) is 1.61. The predicted molar refractivity (Wildman–Crippen MR) is 67.8 cm³/mol. The van der Waals surface area contributed by atoms with Crippen molar-refractivity contribution in [1.82, 2.24) is 5.32 Å². The van der Waals surface area contributed by atoms with E-state index < -0.39 is 0 Å². The van der Waals surface area contributed by atoms with Crippen molar-refractivity contribution >= 4 is 5.91 Å². The van der Waals surface area contributed by atoms with E-state index in [2.05, 4.69) is 5.32 Å². The minimum atomic E-state index is -0.0672. The number of benzene rings is 1. The molecular formula is C13H19NO4. The van der Waals surface area contributed by atoms with Gasteiger partial charge in [-0.1, -0.05) is 0 Å². The predicted octanol–water partition coefficient (Wildman–Crippen LogP) is 0.963. The lowest BCUT2D eigenvalue weighted by Gasteiger charge is -2.08. The first-order valence-electron chi connectivity index (χ1n) is 5.90. The highest BCUT2D eigenvalue weighted by atomic mass is 16.5. The molecule has 0 aliphatic carbocycles. The van der Waals surface area contributed by atoms with Crippen LogP contribution in [0.4, 0.5) is 0 Å². The van der Waals surface area contributed by atoms with Crippen molar-refractivity contribution in [3.63, 3.8) is 0 Å². The van der Waals surface area contributed by atoms with Crippen molar-refractivity contribution in [2.75, 3.05) is 26.9 Å². The van der Waals surface area contributed by atoms with Crippen molar-refractivity contribution in [3.8, 4) is 11.5 Å². The number of nitrogens with one attached hydrogen (secondary N) is 1. The standard InChI is InChI=1S/C13H19NO4/c1-17-11-4-6-12(7-5-11)18-10-8-14-13(16)3-2-9-15/h4-7,15H,2-3,8-10H2,1H3,(H,14,16). The largest absolute Gasteiger partial charge is 0.497 e. The van der Waals surface area contributed by atoms with E-state index in [0.29, 0.717) is 26.0 Å². The topological polar surface area (TPSA) is 67.8 Å². The second kappa shape index (κ2) is 8.36. The Balaban J connectivity index is 2.15. The van der Waals surface area contributed by atoms with Crippen LogP contribution in [0.15, 0.2) is 24.3 Å². The Labute approximate surface area is 107 Å². The molecule has 5 nitrogen and oxygen atoms in total. The molecular weight excluding hydrogens is 234 g/mol. The summed E-state index contributed by atoms with van der Waals surface area (Å²) in [5, 5.41) is 11.3. The van der Waals surface area contributed by atoms with Crippen LogP contribution in [0.25, 0.3) is 0 Å². The van der Waals surface area contributed by atoms with Crippen molar-refractivity contribution in [2.45, 2.75) is 12.8 Å². The smallest absolute Gasteiger partial charge is 0.220 e. The van der Waals surface area contributed by atoms with E-state index >= 15 is 0 Å². The Morgan fingerprint density at radius 1 is 1.28 bits per heavy atom. The van der Waals surface area contributed by atoms with E-state index in [1.54, 1.807) is 7.11 Å². The highest BCUT2D eigenvalue weighted by Gasteiger charge is 2.00. The SMILES string of the molecule is COc1ccc(OCCNC(=O)CCCO)cc1. The molecule has 0 heterocycles. The van der Waals surface area contributed by atoms with Crippen LogP contribution in [0, 0.1) is 0 Å². The number of hydrogen-bond acceptors (Lipinski definition) is 4. The van der Waals surface area contributed by atoms with Crippen LogP contribution in [-0.4, -0.2) is 37.9 Å². The van der Waals surface area contributed by atoms with E-state index in [4.69, 9.17) is 14.6 Å². The average molecular weight is 253 g/mol. The Kier molecular flexibility index (Phi) is 6.64. The first kappa shape index (κ1) is 14.3. The van der Waals surface area contributed by atoms with Gasteiger partial charge in [-0.25, -0.2) is 0 Å². The van der Waals surface area contributed by atoms with Gasteiger partial charge in [0.2, 0.25) is 5.91 Å². The summed E-state index contributed by atoms with van der Waals surface area (Å²) in [5.41, 5.74) is 0. The van der Waals surface area contributed by atoms with Gasteiger partial charge >= 0.3 is 0 Å². The number of hydrogen-bond donors (Lipinski definition) is 2. The Morgan fingerprint density at radius 3 is 2.56 bits per heavy atom. The number of carbonyl (C=O) groups is 1. The minimum absolute atomic E-state index is 0.0375. The fourth-order valence-electron chi connectivity index (χ4n) is 1.36. The van der Waals surface area contributed by atoms with E-state index in [1.165, 1.54) is 0 Å². The quantitative estimate of drug-likeness (QED) is 0.677. The molecule has 0 bridgehead atoms. The summed E-state index contributed by atoms with van der Waals surface area (Å²) in [5.74, 6) is 1.45. The average Bonchev–Trinajstić information content (AvgIpc) is 2.42. The molecule has 0 aliphatic heterocycles. The summed E-state index contributed by atoms with van der Waals surface area (Å²) in [6.45, 7) is 0.906. The van der Waals surface area contributed by atoms with Crippen molar-refractivity contribution in [3.05, 3.63) is 24.3 Å². The van der Waals surface area contributed by atoms with Gasteiger partial charge in [-0.2, -0.15) is 0 Å². The summed E-state index contributed by atoms with van der Waals surface area (Å²) in [6, 6.07) is 7.25. The monoisotopic (exact) mass is 253 g/mol. The third-order valence-electron chi connectivity index (χ3n) is 2.31. The molecule has 0 spiro atoms. The van der Waals surface area contributed by atoms with Crippen LogP contribution in [0.1, 0.15) is 12.8 Å². The van der Waals surface area contributed by atoms with Gasteiger partial charge < -0.3 is 19.9 Å². The maximum atomic E-state index is 11.2. The molecule has 0 atom stereocenters. The van der Waals surface area contributed by atoms with Crippen LogP contribution >= 0.6 is 0 Å². The number of ether oxygens (including phenoxy) is 2. The fraction of sp³-hybridized carbons (Fsp3) is 0.462. The number of rotatable bonds is 8. The van der Waals surface area contributed by atoms with Crippen molar-refractivity contribution in [1.29, 1.82) is 0 Å². The van der Waals surface area contributed by atoms with E-state index in [9.17, 15) is 4.79 Å². The maximum Gasteiger partial charge on any atom is 0.220 e. The molecule has 18 heavy (non-hydrogen) atoms. The number of methoxy groups -OCH3 is 1. The molecule has 1 aromatic rings. The molecule has 0 saturated heterocycles. The number of aliphatic hydroxyl groups is 1. The first-order valence-corrected chi connectivity index (χ1v) is 5.90. The highest BCUT2D eigenvalue weighted by molar-refractivity contribution is 5.75. The molecule has 5 heteroatoms. The molecule has 0 saturated carbocycles. The third-order valence-corrected chi connectivity index (χ3v) is 2.31. The third kappa shape index (κ3) is 5.54. The van der Waals surface area contributed by atoms with E-state index in [1.807, 2.05) is 24.3 Å². The van der Waals surface area contributed by atoms with Crippen LogP contribution in [-0.2, 0) is 4.79 Å². The Hall–Kier alpha value is -1.75. The van der Waals surface area contributed by atoms with Gasteiger partial charge in [0, 0.05) is 13.0 Å². The zero-order valence-electron chi connectivity index (χ0n) is 10.5. The molecule has 2 N–H and O–H groups in total. The molecule has 1 amide bonds. The van der Waals surface area contributed by atoms with E-state index in [0.717, 1.165) is 11.5 Å². The normalized spacial score (nSPS) is 9.89. The zero-order chi connectivity index (χ0) is 13.2. The van der Waals surface area contributed by atoms with Gasteiger partial charge in [-0.3, -0.25) is 4.79 Å². The van der Waals surface area contributed by atoms with Crippen LogP contribution in [0.5, 0.6) is 11.5 Å². The Morgan fingerprint density at radius 2 is 1.94 bits per heavy atom. The summed E-state index contributed by atoms with van der Waals surface area (Å²) >= 11 is 0. The van der Waals surface area contributed by atoms with Crippen LogP contribution < -0.4 is 14.8 Å². The van der Waals surface area contributed by atoms with Crippen LogP contribution in [0.3, 0.4) is 0 Å². The molecule has 1 aromatic carbocycles. The first-order chi connectivity index (χ1) is 8.76. The molecule has 0 aromatic heterocycles. The van der Waals surface area contributed by atoms with Crippen LogP contribution in [0.2, 0.25) is 0 Å². The van der Waals surface area contributed by atoms with Gasteiger partial charge in [0.25, 0.3) is 0 Å².